The summed E-state index contributed by atoms with van der Waals surface area (Å²) in [6.45, 7) is 6.38. The van der Waals surface area contributed by atoms with Crippen LogP contribution in [0, 0.1) is 0 Å². The van der Waals surface area contributed by atoms with Gasteiger partial charge < -0.3 is 14.2 Å². The van der Waals surface area contributed by atoms with Crippen molar-refractivity contribution in [2.24, 2.45) is 0 Å². The summed E-state index contributed by atoms with van der Waals surface area (Å²) in [6.07, 6.45) is 77.7. The molecule has 1 atom stereocenters. The van der Waals surface area contributed by atoms with Crippen LogP contribution < -0.4 is 0 Å². The molecule has 0 aromatic carbocycles. The zero-order valence-corrected chi connectivity index (χ0v) is 44.5. The van der Waals surface area contributed by atoms with Crippen LogP contribution in [0.5, 0.6) is 0 Å². The lowest BCUT2D eigenvalue weighted by Crippen LogP contribution is -2.30. The molecule has 0 spiro atoms. The predicted molar refractivity (Wildman–Crippen MR) is 297 cm³/mol. The molecule has 69 heavy (non-hydrogen) atoms. The number of unbranched alkanes of at least 4 members (excludes halogenated alkanes) is 18. The van der Waals surface area contributed by atoms with E-state index in [0.29, 0.717) is 19.3 Å². The normalized spacial score (nSPS) is 13.0. The van der Waals surface area contributed by atoms with Gasteiger partial charge in [-0.2, -0.15) is 0 Å². The first-order chi connectivity index (χ1) is 34.0. The van der Waals surface area contributed by atoms with Crippen molar-refractivity contribution in [1.82, 2.24) is 0 Å². The van der Waals surface area contributed by atoms with E-state index < -0.39 is 6.10 Å². The van der Waals surface area contributed by atoms with Gasteiger partial charge in [0.2, 0.25) is 0 Å². The zero-order valence-electron chi connectivity index (χ0n) is 44.5. The van der Waals surface area contributed by atoms with Gasteiger partial charge in [-0.15, -0.1) is 0 Å². The first kappa shape index (κ1) is 64.8. The van der Waals surface area contributed by atoms with Gasteiger partial charge in [0.25, 0.3) is 0 Å². The predicted octanol–water partition coefficient (Wildman–Crippen LogP) is 18.9. The maximum Gasteiger partial charge on any atom is 0.306 e. The van der Waals surface area contributed by atoms with Crippen LogP contribution in [0.3, 0.4) is 0 Å². The molecular formula is C63H102O6. The monoisotopic (exact) mass is 955 g/mol. The smallest absolute Gasteiger partial charge is 0.306 e. The lowest BCUT2D eigenvalue weighted by atomic mass is 10.1. The maximum absolute atomic E-state index is 12.8. The number of esters is 3. The van der Waals surface area contributed by atoms with Gasteiger partial charge in [0.1, 0.15) is 13.2 Å². The highest BCUT2D eigenvalue weighted by Gasteiger charge is 2.19. The summed E-state index contributed by atoms with van der Waals surface area (Å²) < 4.78 is 16.7. The summed E-state index contributed by atoms with van der Waals surface area (Å²) in [5, 5.41) is 0. The van der Waals surface area contributed by atoms with Crippen molar-refractivity contribution < 1.29 is 28.6 Å². The Morgan fingerprint density at radius 2 is 0.594 bits per heavy atom. The van der Waals surface area contributed by atoms with Gasteiger partial charge in [-0.25, -0.2) is 0 Å². The van der Waals surface area contributed by atoms with Crippen molar-refractivity contribution in [3.8, 4) is 0 Å². The van der Waals surface area contributed by atoms with Gasteiger partial charge in [-0.3, -0.25) is 14.4 Å². The maximum atomic E-state index is 12.8. The second kappa shape index (κ2) is 56.4. The first-order valence-electron chi connectivity index (χ1n) is 28.0. The summed E-state index contributed by atoms with van der Waals surface area (Å²) in [4.78, 5) is 38.1. The van der Waals surface area contributed by atoms with Crippen LogP contribution in [0.1, 0.15) is 239 Å². The van der Waals surface area contributed by atoms with Crippen molar-refractivity contribution in [2.45, 2.75) is 245 Å². The Morgan fingerprint density at radius 3 is 1.04 bits per heavy atom. The van der Waals surface area contributed by atoms with E-state index in [1.54, 1.807) is 0 Å². The molecule has 0 amide bonds. The van der Waals surface area contributed by atoms with E-state index in [4.69, 9.17) is 14.2 Å². The summed E-state index contributed by atoms with van der Waals surface area (Å²) in [7, 11) is 0. The molecule has 0 rings (SSSR count). The van der Waals surface area contributed by atoms with Crippen LogP contribution in [-0.4, -0.2) is 37.2 Å². The Kier molecular flexibility index (Phi) is 53.0. The second-order valence-electron chi connectivity index (χ2n) is 18.1. The van der Waals surface area contributed by atoms with Crippen LogP contribution >= 0.6 is 0 Å². The van der Waals surface area contributed by atoms with Crippen LogP contribution in [0.4, 0.5) is 0 Å². The van der Waals surface area contributed by atoms with Crippen molar-refractivity contribution in [2.75, 3.05) is 13.2 Å². The fraction of sp³-hybridized carbons (Fsp3) is 0.635. The topological polar surface area (TPSA) is 78.9 Å². The number of hydrogen-bond acceptors (Lipinski definition) is 6. The molecule has 0 saturated carbocycles. The number of hydrogen-bond donors (Lipinski definition) is 0. The lowest BCUT2D eigenvalue weighted by molar-refractivity contribution is -0.166. The number of allylic oxidation sites excluding steroid dienone is 20. The van der Waals surface area contributed by atoms with Gasteiger partial charge in [-0.05, 0) is 122 Å². The molecule has 0 aliphatic heterocycles. The minimum absolute atomic E-state index is 0.123. The Hall–Kier alpha value is -4.19. The third kappa shape index (κ3) is 54.6. The molecule has 6 heteroatoms. The van der Waals surface area contributed by atoms with Gasteiger partial charge in [0, 0.05) is 19.3 Å². The van der Waals surface area contributed by atoms with Crippen LogP contribution in [0.2, 0.25) is 0 Å². The van der Waals surface area contributed by atoms with Crippen molar-refractivity contribution >= 4 is 17.9 Å². The summed E-state index contributed by atoms with van der Waals surface area (Å²) in [6, 6.07) is 0. The van der Waals surface area contributed by atoms with Gasteiger partial charge in [-0.1, -0.05) is 219 Å². The van der Waals surface area contributed by atoms with Crippen LogP contribution in [-0.2, 0) is 28.6 Å². The number of carbonyl (C=O) groups excluding carboxylic acids is 3. The fourth-order valence-electron chi connectivity index (χ4n) is 7.23. The molecule has 6 nitrogen and oxygen atoms in total. The van der Waals surface area contributed by atoms with E-state index in [2.05, 4.69) is 136 Å². The van der Waals surface area contributed by atoms with Gasteiger partial charge >= 0.3 is 17.9 Å². The van der Waals surface area contributed by atoms with E-state index in [0.717, 1.165) is 83.5 Å². The van der Waals surface area contributed by atoms with E-state index in [-0.39, 0.29) is 44.0 Å². The van der Waals surface area contributed by atoms with Crippen molar-refractivity contribution in [3.05, 3.63) is 122 Å². The molecule has 390 valence electrons. The van der Waals surface area contributed by atoms with Crippen molar-refractivity contribution in [1.29, 1.82) is 0 Å². The van der Waals surface area contributed by atoms with E-state index in [9.17, 15) is 14.4 Å². The summed E-state index contributed by atoms with van der Waals surface area (Å²) >= 11 is 0. The van der Waals surface area contributed by atoms with E-state index >= 15 is 0 Å². The van der Waals surface area contributed by atoms with Crippen LogP contribution in [0.25, 0.3) is 0 Å². The summed E-state index contributed by atoms with van der Waals surface area (Å²) in [5.41, 5.74) is 0. The average Bonchev–Trinajstić information content (AvgIpc) is 3.35. The number of carbonyl (C=O) groups is 3. The fourth-order valence-corrected chi connectivity index (χ4v) is 7.23. The van der Waals surface area contributed by atoms with Gasteiger partial charge in [0.15, 0.2) is 6.10 Å². The molecule has 0 aliphatic rings. The molecule has 0 saturated heterocycles. The van der Waals surface area contributed by atoms with E-state index in [1.165, 1.54) is 103 Å². The molecular weight excluding hydrogens is 853 g/mol. The van der Waals surface area contributed by atoms with E-state index in [1.807, 2.05) is 6.08 Å². The Balaban J connectivity index is 4.57. The molecule has 0 heterocycles. The molecule has 0 N–H and O–H groups in total. The zero-order chi connectivity index (χ0) is 50.0. The Morgan fingerprint density at radius 1 is 0.304 bits per heavy atom. The highest BCUT2D eigenvalue weighted by molar-refractivity contribution is 5.71. The third-order valence-electron chi connectivity index (χ3n) is 11.4. The highest BCUT2D eigenvalue weighted by Crippen LogP contribution is 2.13. The van der Waals surface area contributed by atoms with Gasteiger partial charge in [0.05, 0.1) is 0 Å². The molecule has 0 unspecified atom stereocenters. The largest absolute Gasteiger partial charge is 0.462 e. The standard InChI is InChI=1S/C63H102O6/c1-4-7-10-13-16-19-22-25-28-30-31-33-36-38-41-44-47-50-53-56-62(65)68-59-60(69-63(66)57-54-51-48-45-42-39-34-27-24-21-18-15-12-9-6-3)58-67-61(64)55-52-49-46-43-40-37-35-32-29-26-23-20-17-14-11-8-5-2/h9,12,16,18-19,21,25-29,31,33-34,38,41-42,45,47,50,60H,4-8,10-11,13-15,17,20,22-24,30,32,35-37,39-40,43-44,46,48-49,51-59H2,1-3H3/b12-9-,19-16-,21-18-,28-25-,29-26-,33-31-,34-27-,41-38-,45-42-,50-47-/t60-/m0/s1. The SMILES string of the molecule is CC/C=C\C/C=C\C/C=C\C/C=C\CCCCC(=O)O[C@H](COC(=O)CC/C=C\C/C=C\C/C=C\C/C=C\C/C=C\CCCCC)COC(=O)CCCCCCCCC/C=C\CCCCCCCC. The minimum Gasteiger partial charge on any atom is -0.462 e. The van der Waals surface area contributed by atoms with Crippen LogP contribution in [0.15, 0.2) is 122 Å². The first-order valence-corrected chi connectivity index (χ1v) is 28.0. The molecule has 0 fully saturated rings. The molecule has 0 aromatic rings. The minimum atomic E-state index is -0.835. The molecule has 0 aliphatic carbocycles. The molecule has 0 bridgehead atoms. The molecule has 0 aromatic heterocycles. The lowest BCUT2D eigenvalue weighted by Gasteiger charge is -2.18. The second-order valence-corrected chi connectivity index (χ2v) is 18.1. The Labute approximate surface area is 424 Å². The Bertz CT molecular complexity index is 1470. The van der Waals surface area contributed by atoms with Crippen molar-refractivity contribution in [3.63, 3.8) is 0 Å². The molecule has 0 radical (unpaired) electrons. The highest BCUT2D eigenvalue weighted by atomic mass is 16.6. The quantitative estimate of drug-likeness (QED) is 0.0262. The third-order valence-corrected chi connectivity index (χ3v) is 11.4. The average molecular weight is 956 g/mol. The number of rotatable bonds is 49. The number of ether oxygens (including phenoxy) is 3. The summed E-state index contributed by atoms with van der Waals surface area (Å²) in [5.74, 6) is -1.06.